The van der Waals surface area contributed by atoms with Crippen LogP contribution in [-0.2, 0) is 16.6 Å². The highest BCUT2D eigenvalue weighted by Gasteiger charge is 2.12. The lowest BCUT2D eigenvalue weighted by atomic mass is 9.86. The molecule has 0 aliphatic carbocycles. The summed E-state index contributed by atoms with van der Waals surface area (Å²) in [4.78, 5) is 11.4. The second kappa shape index (κ2) is 5.97. The van der Waals surface area contributed by atoms with Gasteiger partial charge in [0.15, 0.2) is 0 Å². The number of benzene rings is 1. The van der Waals surface area contributed by atoms with Gasteiger partial charge in [0.25, 0.3) is 0 Å². The van der Waals surface area contributed by atoms with Crippen LogP contribution in [0.15, 0.2) is 24.3 Å². The number of hydrogen-bond donors (Lipinski definition) is 1. The quantitative estimate of drug-likeness (QED) is 0.847. The molecule has 94 valence electrons. The Morgan fingerprint density at radius 2 is 1.76 bits per heavy atom. The van der Waals surface area contributed by atoms with Crippen LogP contribution in [0.2, 0.25) is 0 Å². The third kappa shape index (κ3) is 4.70. The first kappa shape index (κ1) is 13.9. The SMILES string of the molecule is CNCC(=O)CCc1ccc(C(C)(C)C)cc1. The van der Waals surface area contributed by atoms with Gasteiger partial charge in [-0.1, -0.05) is 45.0 Å². The summed E-state index contributed by atoms with van der Waals surface area (Å²) in [6.45, 7) is 7.09. The average Bonchev–Trinajstić information content (AvgIpc) is 2.26. The molecule has 0 bridgehead atoms. The van der Waals surface area contributed by atoms with E-state index in [2.05, 4.69) is 50.4 Å². The number of ketones is 1. The molecular weight excluding hydrogens is 210 g/mol. The molecule has 0 atom stereocenters. The van der Waals surface area contributed by atoms with Crippen molar-refractivity contribution in [1.29, 1.82) is 0 Å². The lowest BCUT2D eigenvalue weighted by Gasteiger charge is -2.19. The van der Waals surface area contributed by atoms with Crippen LogP contribution in [0.1, 0.15) is 38.3 Å². The first-order valence-electron chi connectivity index (χ1n) is 6.19. The van der Waals surface area contributed by atoms with Crippen LogP contribution in [0.4, 0.5) is 0 Å². The van der Waals surface area contributed by atoms with Crippen LogP contribution >= 0.6 is 0 Å². The Balaban J connectivity index is 2.54. The van der Waals surface area contributed by atoms with Crippen LogP contribution in [0, 0.1) is 0 Å². The van der Waals surface area contributed by atoms with E-state index in [-0.39, 0.29) is 11.2 Å². The lowest BCUT2D eigenvalue weighted by Crippen LogP contribution is -2.18. The number of hydrogen-bond acceptors (Lipinski definition) is 2. The molecule has 0 aliphatic rings. The molecule has 0 amide bonds. The largest absolute Gasteiger partial charge is 0.313 e. The van der Waals surface area contributed by atoms with Gasteiger partial charge in [-0.2, -0.15) is 0 Å². The molecule has 1 rings (SSSR count). The molecule has 2 heteroatoms. The third-order valence-corrected chi connectivity index (χ3v) is 2.89. The smallest absolute Gasteiger partial charge is 0.146 e. The van der Waals surface area contributed by atoms with E-state index in [1.807, 2.05) is 0 Å². The molecule has 2 nitrogen and oxygen atoms in total. The van der Waals surface area contributed by atoms with Gasteiger partial charge in [-0.3, -0.25) is 4.79 Å². The van der Waals surface area contributed by atoms with Gasteiger partial charge >= 0.3 is 0 Å². The number of rotatable bonds is 5. The topological polar surface area (TPSA) is 29.1 Å². The van der Waals surface area contributed by atoms with Crippen LogP contribution in [0.25, 0.3) is 0 Å². The van der Waals surface area contributed by atoms with E-state index in [1.165, 1.54) is 11.1 Å². The van der Waals surface area contributed by atoms with Gasteiger partial charge in [0.1, 0.15) is 5.78 Å². The minimum Gasteiger partial charge on any atom is -0.313 e. The van der Waals surface area contributed by atoms with Crippen molar-refractivity contribution in [1.82, 2.24) is 5.32 Å². The maximum absolute atomic E-state index is 11.4. The molecule has 0 aromatic heterocycles. The van der Waals surface area contributed by atoms with E-state index in [1.54, 1.807) is 7.05 Å². The fourth-order valence-corrected chi connectivity index (χ4v) is 1.74. The highest BCUT2D eigenvalue weighted by molar-refractivity contribution is 5.80. The molecule has 1 aromatic rings. The fraction of sp³-hybridized carbons (Fsp3) is 0.533. The normalized spacial score (nSPS) is 11.5. The molecule has 0 saturated heterocycles. The molecule has 0 unspecified atom stereocenters. The summed E-state index contributed by atoms with van der Waals surface area (Å²) >= 11 is 0. The molecule has 0 radical (unpaired) electrons. The van der Waals surface area contributed by atoms with Crippen molar-refractivity contribution >= 4 is 5.78 Å². The van der Waals surface area contributed by atoms with Crippen molar-refractivity contribution < 1.29 is 4.79 Å². The van der Waals surface area contributed by atoms with Crippen LogP contribution < -0.4 is 5.32 Å². The van der Waals surface area contributed by atoms with E-state index in [4.69, 9.17) is 0 Å². The van der Waals surface area contributed by atoms with Gasteiger partial charge in [0, 0.05) is 6.42 Å². The number of nitrogens with one attached hydrogen (secondary N) is 1. The summed E-state index contributed by atoms with van der Waals surface area (Å²) in [6.07, 6.45) is 1.46. The van der Waals surface area contributed by atoms with Crippen LogP contribution in [-0.4, -0.2) is 19.4 Å². The Labute approximate surface area is 104 Å². The monoisotopic (exact) mass is 233 g/mol. The zero-order chi connectivity index (χ0) is 12.9. The van der Waals surface area contributed by atoms with Crippen molar-refractivity contribution in [2.75, 3.05) is 13.6 Å². The fourth-order valence-electron chi connectivity index (χ4n) is 1.74. The number of Topliss-reactive ketones (excluding diaryl/α,β-unsaturated/α-hetero) is 1. The van der Waals surface area contributed by atoms with Gasteiger partial charge in [-0.05, 0) is 30.0 Å². The predicted octanol–water partition coefficient (Wildman–Crippen LogP) is 2.71. The van der Waals surface area contributed by atoms with Crippen molar-refractivity contribution in [3.63, 3.8) is 0 Å². The molecule has 0 heterocycles. The molecule has 17 heavy (non-hydrogen) atoms. The Bertz CT molecular complexity index is 360. The zero-order valence-electron chi connectivity index (χ0n) is 11.3. The molecule has 0 fully saturated rings. The molecule has 0 saturated carbocycles. The maximum atomic E-state index is 11.4. The minimum absolute atomic E-state index is 0.195. The number of carbonyl (C=O) groups excluding carboxylic acids is 1. The summed E-state index contributed by atoms with van der Waals surface area (Å²) in [6, 6.07) is 8.59. The maximum Gasteiger partial charge on any atom is 0.146 e. The molecule has 1 N–H and O–H groups in total. The highest BCUT2D eigenvalue weighted by Crippen LogP contribution is 2.22. The van der Waals surface area contributed by atoms with Gasteiger partial charge in [-0.15, -0.1) is 0 Å². The number of aryl methyl sites for hydroxylation is 1. The Morgan fingerprint density at radius 3 is 2.24 bits per heavy atom. The van der Waals surface area contributed by atoms with Crippen molar-refractivity contribution in [2.24, 2.45) is 0 Å². The predicted molar refractivity (Wildman–Crippen MR) is 72.4 cm³/mol. The van der Waals surface area contributed by atoms with E-state index in [0.29, 0.717) is 13.0 Å². The van der Waals surface area contributed by atoms with E-state index in [9.17, 15) is 4.79 Å². The average molecular weight is 233 g/mol. The second-order valence-corrected chi connectivity index (χ2v) is 5.52. The van der Waals surface area contributed by atoms with Crippen molar-refractivity contribution in [3.8, 4) is 0 Å². The first-order chi connectivity index (χ1) is 7.93. The minimum atomic E-state index is 0.195. The van der Waals surface area contributed by atoms with E-state index >= 15 is 0 Å². The summed E-state index contributed by atoms with van der Waals surface area (Å²) in [5.74, 6) is 0.271. The molecular formula is C15H23NO. The van der Waals surface area contributed by atoms with Crippen molar-refractivity contribution in [3.05, 3.63) is 35.4 Å². The number of likely N-dealkylation sites (N-methyl/N-ethyl adjacent to an activating group) is 1. The van der Waals surface area contributed by atoms with Crippen LogP contribution in [0.5, 0.6) is 0 Å². The van der Waals surface area contributed by atoms with Gasteiger partial charge < -0.3 is 5.32 Å². The third-order valence-electron chi connectivity index (χ3n) is 2.89. The van der Waals surface area contributed by atoms with E-state index < -0.39 is 0 Å². The molecule has 0 spiro atoms. The number of carbonyl (C=O) groups is 1. The summed E-state index contributed by atoms with van der Waals surface area (Å²) < 4.78 is 0. The molecule has 0 aliphatic heterocycles. The van der Waals surface area contributed by atoms with E-state index in [0.717, 1.165) is 6.42 Å². The van der Waals surface area contributed by atoms with Gasteiger partial charge in [-0.25, -0.2) is 0 Å². The Morgan fingerprint density at radius 1 is 1.18 bits per heavy atom. The zero-order valence-corrected chi connectivity index (χ0v) is 11.3. The van der Waals surface area contributed by atoms with Crippen LogP contribution in [0.3, 0.4) is 0 Å². The lowest BCUT2D eigenvalue weighted by molar-refractivity contribution is -0.118. The highest BCUT2D eigenvalue weighted by atomic mass is 16.1. The second-order valence-electron chi connectivity index (χ2n) is 5.52. The summed E-state index contributed by atoms with van der Waals surface area (Å²) in [7, 11) is 1.80. The summed E-state index contributed by atoms with van der Waals surface area (Å²) in [5, 5.41) is 2.88. The van der Waals surface area contributed by atoms with Crippen molar-refractivity contribution in [2.45, 2.75) is 39.0 Å². The van der Waals surface area contributed by atoms with Gasteiger partial charge in [0.2, 0.25) is 0 Å². The van der Waals surface area contributed by atoms with Gasteiger partial charge in [0.05, 0.1) is 6.54 Å². The standard InChI is InChI=1S/C15H23NO/c1-15(2,3)13-8-5-12(6-9-13)7-10-14(17)11-16-4/h5-6,8-9,16H,7,10-11H2,1-4H3. The summed E-state index contributed by atoms with van der Waals surface area (Å²) in [5.41, 5.74) is 2.77. The molecule has 1 aromatic carbocycles. The first-order valence-corrected chi connectivity index (χ1v) is 6.19. The Kier molecular flexibility index (Phi) is 4.88. The Hall–Kier alpha value is -1.15.